The van der Waals surface area contributed by atoms with Gasteiger partial charge in [-0.1, -0.05) is 42.0 Å². The summed E-state index contributed by atoms with van der Waals surface area (Å²) in [6.07, 6.45) is 11.2. The van der Waals surface area contributed by atoms with Gasteiger partial charge in [-0.15, -0.1) is 0 Å². The molecule has 0 bridgehead atoms. The minimum atomic E-state index is -0.856. The Labute approximate surface area is 158 Å². The number of hydrogen-bond donors (Lipinski definition) is 1. The van der Waals surface area contributed by atoms with E-state index in [9.17, 15) is 5.11 Å². The van der Waals surface area contributed by atoms with Gasteiger partial charge < -0.3 is 19.3 Å². The van der Waals surface area contributed by atoms with E-state index in [1.165, 1.54) is 11.1 Å². The van der Waals surface area contributed by atoms with Gasteiger partial charge in [-0.2, -0.15) is 0 Å². The molecule has 0 saturated carbocycles. The van der Waals surface area contributed by atoms with E-state index in [0.717, 1.165) is 31.3 Å². The summed E-state index contributed by atoms with van der Waals surface area (Å²) in [7, 11) is 3.33. The van der Waals surface area contributed by atoms with Crippen LogP contribution in [0.5, 0.6) is 0 Å². The molecule has 0 aromatic carbocycles. The molecule has 0 amide bonds. The van der Waals surface area contributed by atoms with Gasteiger partial charge in [0.2, 0.25) is 0 Å². The molecule has 26 heavy (non-hydrogen) atoms. The molecule has 1 fully saturated rings. The third-order valence-electron chi connectivity index (χ3n) is 5.20. The smallest absolute Gasteiger partial charge is 0.183 e. The second kappa shape index (κ2) is 9.14. The molecule has 0 aromatic rings. The van der Waals surface area contributed by atoms with Gasteiger partial charge >= 0.3 is 0 Å². The molecule has 4 heteroatoms. The zero-order chi connectivity index (χ0) is 19.3. The molecule has 0 aromatic heterocycles. The monoisotopic (exact) mass is 362 g/mol. The average Bonchev–Trinajstić information content (AvgIpc) is 2.64. The van der Waals surface area contributed by atoms with Crippen LogP contribution in [0.1, 0.15) is 46.5 Å². The van der Waals surface area contributed by atoms with Crippen molar-refractivity contribution in [3.8, 4) is 0 Å². The fraction of sp³-hybridized carbons (Fsp3) is 0.636. The SMILES string of the molecule is C=C1CC/C=C(\C)CC[C@H]2/C(=C/C=C/C(C)(C)O)[C@H](OC)O[C@@H](OC)[C@H]12. The Kier molecular flexibility index (Phi) is 7.42. The molecule has 0 spiro atoms. The summed E-state index contributed by atoms with van der Waals surface area (Å²) in [5.74, 6) is 0.339. The molecule has 1 aliphatic heterocycles. The van der Waals surface area contributed by atoms with Gasteiger partial charge in [0.1, 0.15) is 0 Å². The summed E-state index contributed by atoms with van der Waals surface area (Å²) < 4.78 is 17.4. The number of methoxy groups -OCH3 is 2. The molecule has 2 rings (SSSR count). The molecule has 146 valence electrons. The maximum absolute atomic E-state index is 9.96. The highest BCUT2D eigenvalue weighted by molar-refractivity contribution is 5.26. The lowest BCUT2D eigenvalue weighted by Gasteiger charge is -2.43. The Morgan fingerprint density at radius 1 is 1.27 bits per heavy atom. The van der Waals surface area contributed by atoms with Crippen LogP contribution in [-0.2, 0) is 14.2 Å². The number of aliphatic hydroxyl groups is 1. The van der Waals surface area contributed by atoms with E-state index >= 15 is 0 Å². The molecule has 4 nitrogen and oxygen atoms in total. The van der Waals surface area contributed by atoms with E-state index in [2.05, 4.69) is 19.6 Å². The predicted octanol–water partition coefficient (Wildman–Crippen LogP) is 4.52. The summed E-state index contributed by atoms with van der Waals surface area (Å²) in [4.78, 5) is 0. The highest BCUT2D eigenvalue weighted by atomic mass is 16.8. The van der Waals surface area contributed by atoms with E-state index in [0.29, 0.717) is 0 Å². The van der Waals surface area contributed by atoms with Gasteiger partial charge in [-0.25, -0.2) is 0 Å². The summed E-state index contributed by atoms with van der Waals surface area (Å²) in [5.41, 5.74) is 2.81. The minimum Gasteiger partial charge on any atom is -0.386 e. The third kappa shape index (κ3) is 5.40. The van der Waals surface area contributed by atoms with Crippen LogP contribution in [0.15, 0.2) is 47.6 Å². The maximum atomic E-state index is 9.96. The number of hydrogen-bond acceptors (Lipinski definition) is 4. The molecule has 0 unspecified atom stereocenters. The lowest BCUT2D eigenvalue weighted by Crippen LogP contribution is -2.45. The van der Waals surface area contributed by atoms with E-state index in [-0.39, 0.29) is 18.1 Å². The zero-order valence-electron chi connectivity index (χ0n) is 16.8. The molecule has 1 N–H and O–H groups in total. The van der Waals surface area contributed by atoms with Gasteiger partial charge in [0.15, 0.2) is 12.6 Å². The number of fused-ring (bicyclic) bond motifs is 1. The van der Waals surface area contributed by atoms with Gasteiger partial charge in [0, 0.05) is 20.1 Å². The number of ether oxygens (including phenoxy) is 3. The van der Waals surface area contributed by atoms with Crippen molar-refractivity contribution in [3.05, 3.63) is 47.6 Å². The van der Waals surface area contributed by atoms with Crippen LogP contribution in [-0.4, -0.2) is 37.5 Å². The van der Waals surface area contributed by atoms with Crippen LogP contribution < -0.4 is 0 Å². The first-order chi connectivity index (χ1) is 12.3. The summed E-state index contributed by atoms with van der Waals surface area (Å²) in [6, 6.07) is 0. The van der Waals surface area contributed by atoms with Crippen molar-refractivity contribution in [2.24, 2.45) is 11.8 Å². The van der Waals surface area contributed by atoms with Gasteiger partial charge in [-0.3, -0.25) is 0 Å². The van der Waals surface area contributed by atoms with Crippen molar-refractivity contribution in [1.29, 1.82) is 0 Å². The van der Waals surface area contributed by atoms with Crippen molar-refractivity contribution in [1.82, 2.24) is 0 Å². The standard InChI is InChI=1S/C22H34O4/c1-15-9-7-10-16(2)19-17(13-12-15)18(11-8-14-22(3,4)23)20(24-5)26-21(19)25-6/h8-9,11,14,17,19-21,23H,2,7,10,12-13H2,1,3-6H3/b14-8+,15-9+,18-11-/t17-,19+,20+,21+/m0/s1. The van der Waals surface area contributed by atoms with Crippen LogP contribution >= 0.6 is 0 Å². The minimum absolute atomic E-state index is 0.104. The van der Waals surface area contributed by atoms with Gasteiger partial charge in [0.05, 0.1) is 5.60 Å². The Bertz CT molecular complexity index is 579. The quantitative estimate of drug-likeness (QED) is 0.747. The second-order valence-corrected chi connectivity index (χ2v) is 7.91. The molecule has 1 saturated heterocycles. The Morgan fingerprint density at radius 2 is 2.00 bits per heavy atom. The zero-order valence-corrected chi connectivity index (χ0v) is 16.8. The first kappa shape index (κ1) is 21.1. The van der Waals surface area contributed by atoms with Crippen molar-refractivity contribution in [2.75, 3.05) is 14.2 Å². The van der Waals surface area contributed by atoms with Crippen molar-refractivity contribution in [3.63, 3.8) is 0 Å². The van der Waals surface area contributed by atoms with Crippen molar-refractivity contribution >= 4 is 0 Å². The van der Waals surface area contributed by atoms with Crippen LogP contribution in [0, 0.1) is 11.8 Å². The summed E-state index contributed by atoms with van der Waals surface area (Å²) in [5, 5.41) is 9.96. The highest BCUT2D eigenvalue weighted by Gasteiger charge is 2.43. The Hall–Kier alpha value is -1.20. The largest absolute Gasteiger partial charge is 0.386 e. The van der Waals surface area contributed by atoms with E-state index in [1.807, 2.05) is 12.2 Å². The number of allylic oxidation sites excluding steroid dienone is 4. The van der Waals surface area contributed by atoms with E-state index in [1.54, 1.807) is 34.1 Å². The predicted molar refractivity (Wildman–Crippen MR) is 105 cm³/mol. The molecule has 4 atom stereocenters. The molecule has 1 heterocycles. The van der Waals surface area contributed by atoms with E-state index in [4.69, 9.17) is 14.2 Å². The summed E-state index contributed by atoms with van der Waals surface area (Å²) in [6.45, 7) is 10.1. The highest BCUT2D eigenvalue weighted by Crippen LogP contribution is 2.44. The topological polar surface area (TPSA) is 47.9 Å². The molecule has 0 radical (unpaired) electrons. The average molecular weight is 363 g/mol. The first-order valence-electron chi connectivity index (χ1n) is 9.43. The van der Waals surface area contributed by atoms with Crippen molar-refractivity contribution < 1.29 is 19.3 Å². The lowest BCUT2D eigenvalue weighted by molar-refractivity contribution is -0.256. The van der Waals surface area contributed by atoms with Gasteiger partial charge in [-0.05, 0) is 57.9 Å². The lowest BCUT2D eigenvalue weighted by atomic mass is 9.75. The second-order valence-electron chi connectivity index (χ2n) is 7.91. The number of rotatable bonds is 4. The fourth-order valence-electron chi connectivity index (χ4n) is 3.83. The third-order valence-corrected chi connectivity index (χ3v) is 5.20. The summed E-state index contributed by atoms with van der Waals surface area (Å²) >= 11 is 0. The first-order valence-corrected chi connectivity index (χ1v) is 9.43. The molecular formula is C22H34O4. The normalized spacial score (nSPS) is 34.8. The van der Waals surface area contributed by atoms with Gasteiger partial charge in [0.25, 0.3) is 0 Å². The molecule has 1 aliphatic carbocycles. The van der Waals surface area contributed by atoms with Crippen molar-refractivity contribution in [2.45, 2.75) is 64.6 Å². The molecular weight excluding hydrogens is 328 g/mol. The maximum Gasteiger partial charge on any atom is 0.183 e. The Balaban J connectivity index is 2.42. The van der Waals surface area contributed by atoms with Crippen LogP contribution in [0.2, 0.25) is 0 Å². The fourth-order valence-corrected chi connectivity index (χ4v) is 3.83. The Morgan fingerprint density at radius 3 is 2.62 bits per heavy atom. The van der Waals surface area contributed by atoms with E-state index < -0.39 is 11.9 Å². The van der Waals surface area contributed by atoms with Crippen LogP contribution in [0.25, 0.3) is 0 Å². The van der Waals surface area contributed by atoms with Crippen LogP contribution in [0.4, 0.5) is 0 Å². The molecule has 2 aliphatic rings. The van der Waals surface area contributed by atoms with Crippen LogP contribution in [0.3, 0.4) is 0 Å².